The van der Waals surface area contributed by atoms with Crippen molar-refractivity contribution in [2.24, 2.45) is 11.1 Å². The molecule has 1 aliphatic rings. The third-order valence-electron chi connectivity index (χ3n) is 4.15. The van der Waals surface area contributed by atoms with Crippen molar-refractivity contribution in [2.75, 3.05) is 26.2 Å². The molecule has 1 aromatic carbocycles. The first kappa shape index (κ1) is 20.7. The maximum Gasteiger partial charge on any atom is 0.254 e. The fourth-order valence-electron chi connectivity index (χ4n) is 2.50. The van der Waals surface area contributed by atoms with E-state index in [9.17, 15) is 9.59 Å². The summed E-state index contributed by atoms with van der Waals surface area (Å²) in [6, 6.07) is 6.39. The molecule has 0 aromatic heterocycles. The van der Waals surface area contributed by atoms with Gasteiger partial charge in [0.25, 0.3) is 5.91 Å². The van der Waals surface area contributed by atoms with Crippen LogP contribution in [0.25, 0.3) is 0 Å². The van der Waals surface area contributed by atoms with Gasteiger partial charge >= 0.3 is 0 Å². The molecule has 0 bridgehead atoms. The quantitative estimate of drug-likeness (QED) is 0.865. The van der Waals surface area contributed by atoms with Crippen LogP contribution in [0.2, 0.25) is 5.02 Å². The molecule has 0 aliphatic carbocycles. The Morgan fingerprint density at radius 2 is 1.67 bits per heavy atom. The van der Waals surface area contributed by atoms with Gasteiger partial charge < -0.3 is 15.5 Å². The van der Waals surface area contributed by atoms with E-state index < -0.39 is 6.04 Å². The summed E-state index contributed by atoms with van der Waals surface area (Å²) in [5, 5.41) is 0.542. The maximum atomic E-state index is 12.5. The van der Waals surface area contributed by atoms with Gasteiger partial charge in [-0.25, -0.2) is 0 Å². The lowest BCUT2D eigenvalue weighted by atomic mass is 9.86. The van der Waals surface area contributed by atoms with Crippen molar-refractivity contribution in [1.82, 2.24) is 9.80 Å². The van der Waals surface area contributed by atoms with Crippen LogP contribution >= 0.6 is 24.0 Å². The minimum atomic E-state index is -0.530. The second-order valence-electron chi connectivity index (χ2n) is 6.97. The van der Waals surface area contributed by atoms with E-state index in [4.69, 9.17) is 17.3 Å². The lowest BCUT2D eigenvalue weighted by Gasteiger charge is -2.38. The highest BCUT2D eigenvalue weighted by atomic mass is 35.5. The minimum Gasteiger partial charge on any atom is -0.338 e. The molecule has 0 radical (unpaired) electrons. The smallest absolute Gasteiger partial charge is 0.254 e. The number of hydrogen-bond acceptors (Lipinski definition) is 3. The van der Waals surface area contributed by atoms with Crippen molar-refractivity contribution in [3.8, 4) is 0 Å². The van der Waals surface area contributed by atoms with Crippen molar-refractivity contribution in [1.29, 1.82) is 0 Å². The summed E-state index contributed by atoms with van der Waals surface area (Å²) in [7, 11) is 0. The Morgan fingerprint density at radius 3 is 2.17 bits per heavy atom. The first-order valence-electron chi connectivity index (χ1n) is 7.79. The third kappa shape index (κ3) is 4.85. The summed E-state index contributed by atoms with van der Waals surface area (Å²) in [5.74, 6) is -0.105. The van der Waals surface area contributed by atoms with E-state index in [0.29, 0.717) is 36.8 Å². The molecule has 1 fully saturated rings. The van der Waals surface area contributed by atoms with Gasteiger partial charge in [0.1, 0.15) is 0 Å². The Morgan fingerprint density at radius 1 is 1.12 bits per heavy atom. The summed E-state index contributed by atoms with van der Waals surface area (Å²) in [5.41, 5.74) is 6.34. The summed E-state index contributed by atoms with van der Waals surface area (Å²) < 4.78 is 0. The lowest BCUT2D eigenvalue weighted by Crippen LogP contribution is -2.56. The van der Waals surface area contributed by atoms with Crippen molar-refractivity contribution in [2.45, 2.75) is 26.8 Å². The zero-order chi connectivity index (χ0) is 17.2. The molecule has 24 heavy (non-hydrogen) atoms. The molecule has 2 rings (SSSR count). The molecule has 1 saturated heterocycles. The van der Waals surface area contributed by atoms with Gasteiger partial charge in [0.2, 0.25) is 5.91 Å². The van der Waals surface area contributed by atoms with Crippen LogP contribution in [0.4, 0.5) is 0 Å². The number of hydrogen-bond donors (Lipinski definition) is 1. The molecule has 2 N–H and O–H groups in total. The van der Waals surface area contributed by atoms with E-state index in [0.717, 1.165) is 0 Å². The largest absolute Gasteiger partial charge is 0.338 e. The average Bonchev–Trinajstić information content (AvgIpc) is 2.52. The van der Waals surface area contributed by atoms with Crippen LogP contribution < -0.4 is 5.73 Å². The minimum absolute atomic E-state index is 0. The van der Waals surface area contributed by atoms with E-state index in [1.54, 1.807) is 34.1 Å². The number of carbonyl (C=O) groups is 2. The van der Waals surface area contributed by atoms with Gasteiger partial charge in [-0.3, -0.25) is 9.59 Å². The zero-order valence-corrected chi connectivity index (χ0v) is 15.9. The zero-order valence-electron chi connectivity index (χ0n) is 14.3. The number of benzene rings is 1. The molecule has 0 unspecified atom stereocenters. The SMILES string of the molecule is CC(C)(C)[C@H](N)C(=O)N1CCN(C(=O)c2cccc(Cl)c2)CC1.Cl. The highest BCUT2D eigenvalue weighted by molar-refractivity contribution is 6.30. The number of piperazine rings is 1. The van der Waals surface area contributed by atoms with E-state index in [-0.39, 0.29) is 29.6 Å². The average molecular weight is 374 g/mol. The van der Waals surface area contributed by atoms with Crippen molar-refractivity contribution in [3.63, 3.8) is 0 Å². The van der Waals surface area contributed by atoms with Crippen LogP contribution in [0.5, 0.6) is 0 Å². The van der Waals surface area contributed by atoms with E-state index >= 15 is 0 Å². The molecule has 1 atom stereocenters. The van der Waals surface area contributed by atoms with Crippen LogP contribution in [0.1, 0.15) is 31.1 Å². The van der Waals surface area contributed by atoms with Crippen LogP contribution in [-0.2, 0) is 4.79 Å². The van der Waals surface area contributed by atoms with E-state index in [1.807, 2.05) is 20.8 Å². The highest BCUT2D eigenvalue weighted by Gasteiger charge is 2.33. The fourth-order valence-corrected chi connectivity index (χ4v) is 2.69. The standard InChI is InChI=1S/C17H24ClN3O2.ClH/c1-17(2,3)14(19)16(23)21-9-7-20(8-10-21)15(22)12-5-4-6-13(18)11-12;/h4-6,11,14H,7-10,19H2,1-3H3;1H/t14-;/m1./s1. The summed E-state index contributed by atoms with van der Waals surface area (Å²) >= 11 is 5.93. The lowest BCUT2D eigenvalue weighted by molar-refractivity contribution is -0.136. The predicted molar refractivity (Wildman–Crippen MR) is 98.6 cm³/mol. The fraction of sp³-hybridized carbons (Fsp3) is 0.529. The van der Waals surface area contributed by atoms with Crippen molar-refractivity contribution < 1.29 is 9.59 Å². The Labute approximate surface area is 154 Å². The molecule has 1 aliphatic heterocycles. The van der Waals surface area contributed by atoms with Crippen LogP contribution in [0, 0.1) is 5.41 Å². The number of nitrogens with two attached hydrogens (primary N) is 1. The van der Waals surface area contributed by atoms with Gasteiger partial charge in [-0.05, 0) is 23.6 Å². The maximum absolute atomic E-state index is 12.5. The summed E-state index contributed by atoms with van der Waals surface area (Å²) in [6.45, 7) is 7.89. The molecule has 1 heterocycles. The van der Waals surface area contributed by atoms with E-state index in [2.05, 4.69) is 0 Å². The molecule has 0 saturated carbocycles. The number of amides is 2. The monoisotopic (exact) mass is 373 g/mol. The summed E-state index contributed by atoms with van der Waals surface area (Å²) in [4.78, 5) is 28.4. The number of halogens is 2. The Kier molecular flexibility index (Phi) is 7.08. The van der Waals surface area contributed by atoms with Gasteiger partial charge in [0.05, 0.1) is 6.04 Å². The topological polar surface area (TPSA) is 66.6 Å². The molecular weight excluding hydrogens is 349 g/mol. The third-order valence-corrected chi connectivity index (χ3v) is 4.38. The normalized spacial score (nSPS) is 16.4. The van der Waals surface area contributed by atoms with Gasteiger partial charge in [-0.1, -0.05) is 38.4 Å². The Hall–Kier alpha value is -1.30. The van der Waals surface area contributed by atoms with Crippen LogP contribution in [-0.4, -0.2) is 53.8 Å². The van der Waals surface area contributed by atoms with Crippen LogP contribution in [0.3, 0.4) is 0 Å². The second-order valence-corrected chi connectivity index (χ2v) is 7.41. The number of carbonyl (C=O) groups excluding carboxylic acids is 2. The molecular formula is C17H25Cl2N3O2. The first-order valence-corrected chi connectivity index (χ1v) is 8.17. The van der Waals surface area contributed by atoms with Gasteiger partial charge in [0, 0.05) is 36.8 Å². The first-order chi connectivity index (χ1) is 10.7. The molecule has 7 heteroatoms. The molecule has 0 spiro atoms. The van der Waals surface area contributed by atoms with Gasteiger partial charge in [0.15, 0.2) is 0 Å². The predicted octanol–water partition coefficient (Wildman–Crippen LogP) is 2.42. The number of nitrogens with zero attached hydrogens (tertiary/aromatic N) is 2. The van der Waals surface area contributed by atoms with E-state index in [1.165, 1.54) is 0 Å². The molecule has 134 valence electrons. The summed E-state index contributed by atoms with van der Waals surface area (Å²) in [6.07, 6.45) is 0. The number of rotatable bonds is 2. The molecule has 1 aromatic rings. The van der Waals surface area contributed by atoms with Gasteiger partial charge in [-0.15, -0.1) is 12.4 Å². The molecule has 5 nitrogen and oxygen atoms in total. The highest BCUT2D eigenvalue weighted by Crippen LogP contribution is 2.20. The molecule has 2 amide bonds. The second kappa shape index (κ2) is 8.19. The van der Waals surface area contributed by atoms with Crippen LogP contribution in [0.15, 0.2) is 24.3 Å². The Balaban J connectivity index is 0.00000288. The van der Waals surface area contributed by atoms with Crippen molar-refractivity contribution in [3.05, 3.63) is 34.9 Å². The Bertz CT molecular complexity index is 594. The van der Waals surface area contributed by atoms with Crippen molar-refractivity contribution >= 4 is 35.8 Å². The van der Waals surface area contributed by atoms with Gasteiger partial charge in [-0.2, -0.15) is 0 Å².